The number of carbonyl (C=O) groups is 2. The summed E-state index contributed by atoms with van der Waals surface area (Å²) in [7, 11) is 4.03. The van der Waals surface area contributed by atoms with Gasteiger partial charge in [0.25, 0.3) is 0 Å². The Morgan fingerprint density at radius 2 is 1.79 bits per heavy atom. The predicted molar refractivity (Wildman–Crippen MR) is 135 cm³/mol. The Balaban J connectivity index is 1.74. The number of rotatable bonds is 8. The third kappa shape index (κ3) is 5.52. The molecule has 1 unspecified atom stereocenters. The number of ether oxygens (including phenoxy) is 1. The summed E-state index contributed by atoms with van der Waals surface area (Å²) in [6.45, 7) is 0.398. The Morgan fingerprint density at radius 1 is 1.09 bits per heavy atom. The number of hydrogen-bond acceptors (Lipinski definition) is 5. The van der Waals surface area contributed by atoms with Crippen LogP contribution < -0.4 is 10.1 Å². The molecule has 0 spiro atoms. The van der Waals surface area contributed by atoms with Gasteiger partial charge < -0.3 is 20.1 Å². The highest BCUT2D eigenvalue weighted by atomic mass is 79.9. The molecule has 1 atom stereocenters. The molecule has 3 aromatic carbocycles. The summed E-state index contributed by atoms with van der Waals surface area (Å²) < 4.78 is 6.13. The van der Waals surface area contributed by atoms with Crippen molar-refractivity contribution < 1.29 is 19.4 Å². The Bertz CT molecular complexity index is 1240. The topological polar surface area (TPSA) is 91.2 Å². The Kier molecular flexibility index (Phi) is 7.09. The van der Waals surface area contributed by atoms with E-state index in [4.69, 9.17) is 14.8 Å². The number of carboxylic acid groups (broad SMARTS) is 1. The van der Waals surface area contributed by atoms with E-state index in [2.05, 4.69) is 26.1 Å². The van der Waals surface area contributed by atoms with E-state index in [1.807, 2.05) is 56.6 Å². The van der Waals surface area contributed by atoms with E-state index in [0.29, 0.717) is 11.5 Å². The molecule has 1 aliphatic rings. The standard InChI is InChI=1S/C26H24BrN3O4/c1-30(2)14-16-3-8-19(9-4-16)28-25(17-5-10-20(11-6-17)34-15-23(31)32)24-21-12-7-18(27)13-22(21)29-26(24)33/h3-13,24H,14-15H2,1-2H3,(H,29,33)(H,31,32). The predicted octanol–water partition coefficient (Wildman–Crippen LogP) is 4.83. The largest absolute Gasteiger partial charge is 0.482 e. The zero-order chi connectivity index (χ0) is 24.2. The molecule has 4 rings (SSSR count). The molecule has 3 aromatic rings. The smallest absolute Gasteiger partial charge is 0.341 e. The maximum absolute atomic E-state index is 13.1. The maximum atomic E-state index is 13.1. The molecule has 0 aliphatic carbocycles. The summed E-state index contributed by atoms with van der Waals surface area (Å²) in [5.41, 5.74) is 4.85. The average Bonchev–Trinajstić information content (AvgIpc) is 3.11. The first kappa shape index (κ1) is 23.7. The molecule has 0 saturated carbocycles. The zero-order valence-corrected chi connectivity index (χ0v) is 20.4. The second kappa shape index (κ2) is 10.2. The first-order chi connectivity index (χ1) is 16.3. The van der Waals surface area contributed by atoms with Crippen molar-refractivity contribution in [3.05, 3.63) is 87.9 Å². The minimum atomic E-state index is -1.05. The molecule has 2 N–H and O–H groups in total. The van der Waals surface area contributed by atoms with Crippen LogP contribution in [0.5, 0.6) is 5.75 Å². The van der Waals surface area contributed by atoms with E-state index in [9.17, 15) is 9.59 Å². The van der Waals surface area contributed by atoms with Gasteiger partial charge in [-0.3, -0.25) is 9.79 Å². The highest BCUT2D eigenvalue weighted by Crippen LogP contribution is 2.38. The van der Waals surface area contributed by atoms with E-state index in [1.165, 1.54) is 5.56 Å². The van der Waals surface area contributed by atoms with Crippen molar-refractivity contribution >= 4 is 44.9 Å². The molecule has 1 amide bonds. The Morgan fingerprint density at radius 3 is 2.44 bits per heavy atom. The van der Waals surface area contributed by atoms with Gasteiger partial charge in [-0.1, -0.05) is 34.1 Å². The molecule has 1 heterocycles. The van der Waals surface area contributed by atoms with Crippen molar-refractivity contribution in [2.45, 2.75) is 12.5 Å². The van der Waals surface area contributed by atoms with Crippen LogP contribution in [-0.4, -0.2) is 48.3 Å². The molecule has 0 saturated heterocycles. The zero-order valence-electron chi connectivity index (χ0n) is 18.8. The van der Waals surface area contributed by atoms with Crippen LogP contribution in [-0.2, 0) is 16.1 Å². The lowest BCUT2D eigenvalue weighted by atomic mass is 9.90. The first-order valence-corrected chi connectivity index (χ1v) is 11.5. The lowest BCUT2D eigenvalue weighted by Crippen LogP contribution is -2.22. The van der Waals surface area contributed by atoms with Gasteiger partial charge >= 0.3 is 5.97 Å². The highest BCUT2D eigenvalue weighted by molar-refractivity contribution is 9.10. The van der Waals surface area contributed by atoms with Crippen LogP contribution in [0.4, 0.5) is 11.4 Å². The van der Waals surface area contributed by atoms with Crippen molar-refractivity contribution in [3.8, 4) is 5.75 Å². The fraction of sp³-hybridized carbons (Fsp3) is 0.192. The molecular formula is C26H24BrN3O4. The highest BCUT2D eigenvalue weighted by Gasteiger charge is 2.35. The molecule has 34 heavy (non-hydrogen) atoms. The van der Waals surface area contributed by atoms with Crippen molar-refractivity contribution in [1.29, 1.82) is 0 Å². The van der Waals surface area contributed by atoms with Crippen LogP contribution in [0.15, 0.2) is 76.2 Å². The monoisotopic (exact) mass is 521 g/mol. The second-order valence-electron chi connectivity index (χ2n) is 8.26. The summed E-state index contributed by atoms with van der Waals surface area (Å²) in [6, 6.07) is 20.6. The Labute approximate surface area is 206 Å². The number of fused-ring (bicyclic) bond motifs is 1. The number of carbonyl (C=O) groups excluding carboxylic acids is 1. The van der Waals surface area contributed by atoms with Crippen LogP contribution in [0.1, 0.15) is 22.6 Å². The summed E-state index contributed by atoms with van der Waals surface area (Å²) in [5, 5.41) is 11.8. The van der Waals surface area contributed by atoms with Crippen molar-refractivity contribution in [3.63, 3.8) is 0 Å². The molecule has 1 aliphatic heterocycles. The lowest BCUT2D eigenvalue weighted by molar-refractivity contribution is -0.139. The van der Waals surface area contributed by atoms with Crippen LogP contribution in [0.2, 0.25) is 0 Å². The minimum absolute atomic E-state index is 0.151. The van der Waals surface area contributed by atoms with Crippen molar-refractivity contribution in [1.82, 2.24) is 4.90 Å². The van der Waals surface area contributed by atoms with E-state index in [0.717, 1.165) is 33.5 Å². The van der Waals surface area contributed by atoms with Gasteiger partial charge in [-0.05, 0) is 79.3 Å². The quantitative estimate of drug-likeness (QED) is 0.414. The molecule has 0 radical (unpaired) electrons. The van der Waals surface area contributed by atoms with Crippen LogP contribution in [0.25, 0.3) is 0 Å². The van der Waals surface area contributed by atoms with E-state index in [1.54, 1.807) is 24.3 Å². The molecular weight excluding hydrogens is 498 g/mol. The van der Waals surface area contributed by atoms with Crippen LogP contribution in [0.3, 0.4) is 0 Å². The fourth-order valence-corrected chi connectivity index (χ4v) is 4.21. The van der Waals surface area contributed by atoms with E-state index in [-0.39, 0.29) is 5.91 Å². The maximum Gasteiger partial charge on any atom is 0.341 e. The van der Waals surface area contributed by atoms with Gasteiger partial charge in [-0.2, -0.15) is 0 Å². The number of nitrogens with one attached hydrogen (secondary N) is 1. The molecule has 174 valence electrons. The van der Waals surface area contributed by atoms with Gasteiger partial charge in [-0.15, -0.1) is 0 Å². The SMILES string of the molecule is CN(C)Cc1ccc(N=C(c2ccc(OCC(=O)O)cc2)C2C(=O)Nc3cc(Br)ccc32)cc1. The minimum Gasteiger partial charge on any atom is -0.482 e. The van der Waals surface area contributed by atoms with Gasteiger partial charge in [0.2, 0.25) is 5.91 Å². The molecule has 0 aromatic heterocycles. The van der Waals surface area contributed by atoms with Gasteiger partial charge in [-0.25, -0.2) is 4.79 Å². The summed E-state index contributed by atoms with van der Waals surface area (Å²) in [5.74, 6) is -1.36. The van der Waals surface area contributed by atoms with Gasteiger partial charge in [0.05, 0.1) is 11.4 Å². The number of nitrogens with zero attached hydrogens (tertiary/aromatic N) is 2. The molecule has 8 heteroatoms. The number of aliphatic carboxylic acids is 1. The summed E-state index contributed by atoms with van der Waals surface area (Å²) in [4.78, 5) is 30.8. The number of carboxylic acids is 1. The van der Waals surface area contributed by atoms with Crippen LogP contribution in [0, 0.1) is 0 Å². The molecule has 0 bridgehead atoms. The van der Waals surface area contributed by atoms with E-state index < -0.39 is 18.5 Å². The molecule has 7 nitrogen and oxygen atoms in total. The van der Waals surface area contributed by atoms with Gasteiger partial charge in [0, 0.05) is 16.7 Å². The third-order valence-corrected chi connectivity index (χ3v) is 5.81. The number of hydrogen-bond donors (Lipinski definition) is 2. The van der Waals surface area contributed by atoms with E-state index >= 15 is 0 Å². The number of amides is 1. The van der Waals surface area contributed by atoms with Crippen molar-refractivity contribution in [2.24, 2.45) is 4.99 Å². The third-order valence-electron chi connectivity index (χ3n) is 5.32. The number of aliphatic imine (C=N–C) groups is 1. The lowest BCUT2D eigenvalue weighted by Gasteiger charge is -2.15. The van der Waals surface area contributed by atoms with Crippen LogP contribution >= 0.6 is 15.9 Å². The number of anilines is 1. The van der Waals surface area contributed by atoms with Crippen molar-refractivity contribution in [2.75, 3.05) is 26.0 Å². The van der Waals surface area contributed by atoms with Gasteiger partial charge in [0.1, 0.15) is 11.7 Å². The Hall–Kier alpha value is -3.49. The fourth-order valence-electron chi connectivity index (χ4n) is 3.85. The average molecular weight is 522 g/mol. The number of benzene rings is 3. The molecule has 0 fully saturated rings. The summed E-state index contributed by atoms with van der Waals surface area (Å²) in [6.07, 6.45) is 0. The normalized spacial score (nSPS) is 15.2. The summed E-state index contributed by atoms with van der Waals surface area (Å²) >= 11 is 3.46. The first-order valence-electron chi connectivity index (χ1n) is 10.7. The van der Waals surface area contributed by atoms with Gasteiger partial charge in [0.15, 0.2) is 6.61 Å². The number of halogens is 1. The second-order valence-corrected chi connectivity index (χ2v) is 9.18.